The highest BCUT2D eigenvalue weighted by Gasteiger charge is 2.11. The van der Waals surface area contributed by atoms with Crippen LogP contribution in [0.15, 0.2) is 53.7 Å². The maximum Gasteiger partial charge on any atom is 0.134 e. The van der Waals surface area contributed by atoms with Crippen molar-refractivity contribution in [1.82, 2.24) is 0 Å². The molecule has 0 aromatic heterocycles. The summed E-state index contributed by atoms with van der Waals surface area (Å²) in [7, 11) is 1.52. The zero-order chi connectivity index (χ0) is 18.9. The summed E-state index contributed by atoms with van der Waals surface area (Å²) in [5.41, 5.74) is 3.61. The summed E-state index contributed by atoms with van der Waals surface area (Å²) >= 11 is 5.95. The van der Waals surface area contributed by atoms with Gasteiger partial charge in [-0.1, -0.05) is 41.0 Å². The van der Waals surface area contributed by atoms with E-state index in [1.807, 2.05) is 69.3 Å². The van der Waals surface area contributed by atoms with Crippen molar-refractivity contribution in [2.75, 3.05) is 20.3 Å². The Morgan fingerprint density at radius 3 is 2.31 bits per heavy atom. The number of benzene rings is 2. The molecular formula is C21H24ClNO3. The SMILES string of the molecule is C/C=C/COc1cc(C)c(OC/C(=N/OC)c2ccc(Cl)cc2)c(C)c1. The lowest BCUT2D eigenvalue weighted by molar-refractivity contribution is 0.210. The first-order chi connectivity index (χ1) is 12.5. The van der Waals surface area contributed by atoms with Crippen LogP contribution in [0.5, 0.6) is 11.5 Å². The molecule has 0 bridgehead atoms. The molecule has 0 N–H and O–H groups in total. The summed E-state index contributed by atoms with van der Waals surface area (Å²) in [4.78, 5) is 4.96. The van der Waals surface area contributed by atoms with E-state index in [1.54, 1.807) is 0 Å². The Morgan fingerprint density at radius 1 is 1.08 bits per heavy atom. The fourth-order valence-corrected chi connectivity index (χ4v) is 2.64. The van der Waals surface area contributed by atoms with Crippen molar-refractivity contribution in [3.8, 4) is 11.5 Å². The zero-order valence-corrected chi connectivity index (χ0v) is 16.3. The Bertz CT molecular complexity index is 759. The van der Waals surface area contributed by atoms with Crippen LogP contribution < -0.4 is 9.47 Å². The molecule has 0 aliphatic rings. The second kappa shape index (κ2) is 9.88. The normalized spacial score (nSPS) is 11.7. The van der Waals surface area contributed by atoms with Gasteiger partial charge >= 0.3 is 0 Å². The van der Waals surface area contributed by atoms with Gasteiger partial charge in [-0.25, -0.2) is 0 Å². The molecule has 0 heterocycles. The van der Waals surface area contributed by atoms with E-state index in [4.69, 9.17) is 25.9 Å². The van der Waals surface area contributed by atoms with Crippen LogP contribution in [0.4, 0.5) is 0 Å². The topological polar surface area (TPSA) is 40.0 Å². The minimum Gasteiger partial charge on any atom is -0.490 e. The van der Waals surface area contributed by atoms with E-state index in [1.165, 1.54) is 7.11 Å². The van der Waals surface area contributed by atoms with Crippen molar-refractivity contribution in [2.24, 2.45) is 5.16 Å². The van der Waals surface area contributed by atoms with Crippen LogP contribution in [0, 0.1) is 13.8 Å². The lowest BCUT2D eigenvalue weighted by Gasteiger charge is -2.15. The van der Waals surface area contributed by atoms with Gasteiger partial charge in [0.2, 0.25) is 0 Å². The van der Waals surface area contributed by atoms with E-state index in [2.05, 4.69) is 5.16 Å². The smallest absolute Gasteiger partial charge is 0.134 e. The summed E-state index contributed by atoms with van der Waals surface area (Å²) in [6.07, 6.45) is 3.93. The standard InChI is InChI=1S/C21H24ClNO3/c1-5-6-11-25-19-12-15(2)21(16(3)13-19)26-14-20(23-24-4)17-7-9-18(22)10-8-17/h5-10,12-13H,11,14H2,1-4H3/b6-5+,23-20-. The lowest BCUT2D eigenvalue weighted by Crippen LogP contribution is -2.14. The second-order valence-electron chi connectivity index (χ2n) is 5.78. The van der Waals surface area contributed by atoms with Gasteiger partial charge in [0.25, 0.3) is 0 Å². The van der Waals surface area contributed by atoms with Crippen LogP contribution in [-0.2, 0) is 4.84 Å². The number of ether oxygens (including phenoxy) is 2. The predicted molar refractivity (Wildman–Crippen MR) is 107 cm³/mol. The molecular weight excluding hydrogens is 350 g/mol. The molecule has 2 aromatic carbocycles. The predicted octanol–water partition coefficient (Wildman–Crippen LogP) is 5.34. The van der Waals surface area contributed by atoms with Gasteiger partial charge in [0, 0.05) is 10.6 Å². The molecule has 5 heteroatoms. The largest absolute Gasteiger partial charge is 0.490 e. The van der Waals surface area contributed by atoms with Gasteiger partial charge in [-0.15, -0.1) is 0 Å². The highest BCUT2D eigenvalue weighted by molar-refractivity contribution is 6.30. The second-order valence-corrected chi connectivity index (χ2v) is 6.22. The number of nitrogens with zero attached hydrogens (tertiary/aromatic N) is 1. The summed E-state index contributed by atoms with van der Waals surface area (Å²) < 4.78 is 11.7. The Hall–Kier alpha value is -2.46. The molecule has 0 atom stereocenters. The number of oxime groups is 1. The van der Waals surface area contributed by atoms with Crippen molar-refractivity contribution in [1.29, 1.82) is 0 Å². The van der Waals surface area contributed by atoms with Gasteiger partial charge in [-0.05, 0) is 56.2 Å². The number of allylic oxidation sites excluding steroid dienone is 1. The Morgan fingerprint density at radius 2 is 1.73 bits per heavy atom. The Labute approximate surface area is 160 Å². The first-order valence-electron chi connectivity index (χ1n) is 8.39. The highest BCUT2D eigenvalue weighted by atomic mass is 35.5. The van der Waals surface area contributed by atoms with Gasteiger partial charge in [-0.2, -0.15) is 0 Å². The van der Waals surface area contributed by atoms with Crippen molar-refractivity contribution in [3.05, 3.63) is 70.3 Å². The van der Waals surface area contributed by atoms with Gasteiger partial charge in [-0.3, -0.25) is 0 Å². The van der Waals surface area contributed by atoms with Crippen molar-refractivity contribution >= 4 is 17.3 Å². The monoisotopic (exact) mass is 373 g/mol. The van der Waals surface area contributed by atoms with E-state index < -0.39 is 0 Å². The molecule has 0 saturated heterocycles. The Kier molecular flexibility index (Phi) is 7.54. The summed E-state index contributed by atoms with van der Waals surface area (Å²) in [6.45, 7) is 6.81. The first kappa shape index (κ1) is 19.9. The van der Waals surface area contributed by atoms with E-state index >= 15 is 0 Å². The average Bonchev–Trinajstić information content (AvgIpc) is 2.61. The van der Waals surface area contributed by atoms with Gasteiger partial charge < -0.3 is 14.3 Å². The van der Waals surface area contributed by atoms with Crippen LogP contribution in [0.3, 0.4) is 0 Å². The van der Waals surface area contributed by atoms with Crippen LogP contribution in [0.1, 0.15) is 23.6 Å². The molecule has 0 spiro atoms. The molecule has 0 radical (unpaired) electrons. The summed E-state index contributed by atoms with van der Waals surface area (Å²) in [5, 5.41) is 4.76. The number of halogens is 1. The molecule has 4 nitrogen and oxygen atoms in total. The van der Waals surface area contributed by atoms with Crippen molar-refractivity contribution in [3.63, 3.8) is 0 Å². The number of hydrogen-bond donors (Lipinski definition) is 0. The van der Waals surface area contributed by atoms with E-state index in [0.717, 1.165) is 28.2 Å². The van der Waals surface area contributed by atoms with E-state index in [9.17, 15) is 0 Å². The molecule has 0 aliphatic heterocycles. The third-order valence-corrected chi connectivity index (χ3v) is 4.00. The third kappa shape index (κ3) is 5.53. The molecule has 138 valence electrons. The molecule has 26 heavy (non-hydrogen) atoms. The molecule has 2 aromatic rings. The average molecular weight is 374 g/mol. The highest BCUT2D eigenvalue weighted by Crippen LogP contribution is 2.28. The van der Waals surface area contributed by atoms with E-state index in [0.29, 0.717) is 17.3 Å². The van der Waals surface area contributed by atoms with Gasteiger partial charge in [0.1, 0.15) is 37.5 Å². The van der Waals surface area contributed by atoms with Crippen LogP contribution in [-0.4, -0.2) is 26.0 Å². The summed E-state index contributed by atoms with van der Waals surface area (Å²) in [5.74, 6) is 1.65. The lowest BCUT2D eigenvalue weighted by atomic mass is 10.1. The van der Waals surface area contributed by atoms with Crippen LogP contribution in [0.2, 0.25) is 5.02 Å². The molecule has 2 rings (SSSR count). The number of hydrogen-bond acceptors (Lipinski definition) is 4. The number of rotatable bonds is 8. The van der Waals surface area contributed by atoms with Crippen LogP contribution >= 0.6 is 11.6 Å². The quantitative estimate of drug-likeness (QED) is 0.356. The first-order valence-corrected chi connectivity index (χ1v) is 8.77. The van der Waals surface area contributed by atoms with Gasteiger partial charge in [0.15, 0.2) is 0 Å². The zero-order valence-electron chi connectivity index (χ0n) is 15.6. The fourth-order valence-electron chi connectivity index (χ4n) is 2.52. The molecule has 0 amide bonds. The van der Waals surface area contributed by atoms with E-state index in [-0.39, 0.29) is 6.61 Å². The molecule has 0 saturated carbocycles. The Balaban J connectivity index is 2.13. The van der Waals surface area contributed by atoms with Crippen molar-refractivity contribution in [2.45, 2.75) is 20.8 Å². The maximum absolute atomic E-state index is 6.03. The minimum absolute atomic E-state index is 0.288. The summed E-state index contributed by atoms with van der Waals surface area (Å²) in [6, 6.07) is 11.4. The fraction of sp³-hybridized carbons (Fsp3) is 0.286. The number of aryl methyl sites for hydroxylation is 2. The third-order valence-electron chi connectivity index (χ3n) is 3.75. The van der Waals surface area contributed by atoms with Crippen molar-refractivity contribution < 1.29 is 14.3 Å². The molecule has 0 fully saturated rings. The maximum atomic E-state index is 6.03. The molecule has 0 unspecified atom stereocenters. The van der Waals surface area contributed by atoms with Gasteiger partial charge in [0.05, 0.1) is 0 Å². The minimum atomic E-state index is 0.288. The van der Waals surface area contributed by atoms with Crippen LogP contribution in [0.25, 0.3) is 0 Å². The molecule has 0 aliphatic carbocycles.